The van der Waals surface area contributed by atoms with E-state index in [2.05, 4.69) is 0 Å². The zero-order chi connectivity index (χ0) is 13.3. The summed E-state index contributed by atoms with van der Waals surface area (Å²) in [6, 6.07) is 6.24. The van der Waals surface area contributed by atoms with Crippen LogP contribution < -0.4 is 0 Å². The van der Waals surface area contributed by atoms with E-state index < -0.39 is 23.2 Å². The maximum Gasteiger partial charge on any atom is 0.166 e. The highest BCUT2D eigenvalue weighted by atomic mass is 19.1. The molecule has 2 aromatic rings. The lowest BCUT2D eigenvalue weighted by Gasteiger charge is -2.07. The van der Waals surface area contributed by atoms with Gasteiger partial charge >= 0.3 is 0 Å². The van der Waals surface area contributed by atoms with Crippen LogP contribution in [0.4, 0.5) is 13.2 Å². The highest BCUT2D eigenvalue weighted by molar-refractivity contribution is 5.72. The summed E-state index contributed by atoms with van der Waals surface area (Å²) in [5, 5.41) is 18.2. The maximum absolute atomic E-state index is 13.3. The molecule has 0 unspecified atom stereocenters. The van der Waals surface area contributed by atoms with E-state index in [0.29, 0.717) is 6.07 Å². The van der Waals surface area contributed by atoms with Crippen LogP contribution in [0.25, 0.3) is 11.1 Å². The molecule has 0 saturated carbocycles. The van der Waals surface area contributed by atoms with Gasteiger partial charge in [0.1, 0.15) is 11.6 Å². The molecule has 0 heterocycles. The molecule has 2 rings (SSSR count). The number of phenols is 1. The molecule has 0 atom stereocenters. The summed E-state index contributed by atoms with van der Waals surface area (Å²) in [6.07, 6.45) is 0. The number of nitrogens with zero attached hydrogens (tertiary/aromatic N) is 1. The van der Waals surface area contributed by atoms with Crippen LogP contribution in [0.3, 0.4) is 0 Å². The minimum absolute atomic E-state index is 0.0407. The Hall–Kier alpha value is -2.48. The van der Waals surface area contributed by atoms with Crippen LogP contribution in [0.1, 0.15) is 5.56 Å². The summed E-state index contributed by atoms with van der Waals surface area (Å²) in [5.74, 6) is -3.48. The molecular formula is C13H6F3NO. The molecule has 0 fully saturated rings. The average Bonchev–Trinajstić information content (AvgIpc) is 2.31. The maximum atomic E-state index is 13.3. The lowest BCUT2D eigenvalue weighted by atomic mass is 10.0. The minimum atomic E-state index is -1.02. The molecule has 5 heteroatoms. The van der Waals surface area contributed by atoms with Gasteiger partial charge in [-0.05, 0) is 29.8 Å². The van der Waals surface area contributed by atoms with Gasteiger partial charge in [0.15, 0.2) is 11.6 Å². The van der Waals surface area contributed by atoms with Crippen molar-refractivity contribution in [3.63, 3.8) is 0 Å². The lowest BCUT2D eigenvalue weighted by molar-refractivity contribution is 0.434. The first-order chi connectivity index (χ1) is 8.51. The van der Waals surface area contributed by atoms with Gasteiger partial charge in [0, 0.05) is 11.6 Å². The zero-order valence-electron chi connectivity index (χ0n) is 8.92. The number of rotatable bonds is 1. The molecular weight excluding hydrogens is 243 g/mol. The fourth-order valence-electron chi connectivity index (χ4n) is 1.59. The number of benzene rings is 2. The van der Waals surface area contributed by atoms with Crippen molar-refractivity contribution in [3.05, 3.63) is 53.3 Å². The number of halogens is 3. The van der Waals surface area contributed by atoms with Crippen molar-refractivity contribution in [2.75, 3.05) is 0 Å². The first-order valence-corrected chi connectivity index (χ1v) is 4.90. The second-order valence-electron chi connectivity index (χ2n) is 3.62. The third-order valence-electron chi connectivity index (χ3n) is 2.37. The van der Waals surface area contributed by atoms with Gasteiger partial charge in [0.25, 0.3) is 0 Å². The zero-order valence-corrected chi connectivity index (χ0v) is 8.92. The van der Waals surface area contributed by atoms with Gasteiger partial charge < -0.3 is 5.11 Å². The Morgan fingerprint density at radius 1 is 0.944 bits per heavy atom. The van der Waals surface area contributed by atoms with Gasteiger partial charge in [-0.2, -0.15) is 5.26 Å². The van der Waals surface area contributed by atoms with Crippen LogP contribution >= 0.6 is 0 Å². The molecule has 2 aromatic carbocycles. The topological polar surface area (TPSA) is 44.0 Å². The van der Waals surface area contributed by atoms with Gasteiger partial charge in [-0.25, -0.2) is 13.2 Å². The fourth-order valence-corrected chi connectivity index (χ4v) is 1.59. The van der Waals surface area contributed by atoms with Crippen LogP contribution in [0, 0.1) is 28.8 Å². The van der Waals surface area contributed by atoms with Gasteiger partial charge in [-0.1, -0.05) is 0 Å². The Morgan fingerprint density at radius 2 is 1.56 bits per heavy atom. The van der Waals surface area contributed by atoms with E-state index in [0.717, 1.165) is 24.3 Å². The van der Waals surface area contributed by atoms with Crippen LogP contribution in [0.5, 0.6) is 5.75 Å². The minimum Gasteiger partial charge on any atom is -0.504 e. The highest BCUT2D eigenvalue weighted by Gasteiger charge is 2.13. The third kappa shape index (κ3) is 2.13. The molecule has 0 amide bonds. The highest BCUT2D eigenvalue weighted by Crippen LogP contribution is 2.33. The number of nitriles is 1. The van der Waals surface area contributed by atoms with Crippen molar-refractivity contribution < 1.29 is 18.3 Å². The lowest BCUT2D eigenvalue weighted by Crippen LogP contribution is -1.89. The Kier molecular flexibility index (Phi) is 2.94. The van der Waals surface area contributed by atoms with Gasteiger partial charge in [-0.3, -0.25) is 0 Å². The number of aromatic hydroxyl groups is 1. The molecule has 0 aliphatic heterocycles. The second kappa shape index (κ2) is 4.41. The van der Waals surface area contributed by atoms with Crippen molar-refractivity contribution in [1.82, 2.24) is 0 Å². The first kappa shape index (κ1) is 12.0. The summed E-state index contributed by atoms with van der Waals surface area (Å²) in [5.41, 5.74) is -0.226. The van der Waals surface area contributed by atoms with E-state index in [1.165, 1.54) is 0 Å². The third-order valence-corrected chi connectivity index (χ3v) is 2.37. The predicted molar refractivity (Wildman–Crippen MR) is 58.1 cm³/mol. The van der Waals surface area contributed by atoms with Gasteiger partial charge in [-0.15, -0.1) is 0 Å². The molecule has 2 nitrogen and oxygen atoms in total. The number of phenolic OH excluding ortho intramolecular Hbond substituents is 1. The molecule has 18 heavy (non-hydrogen) atoms. The van der Waals surface area contributed by atoms with E-state index >= 15 is 0 Å². The average molecular weight is 249 g/mol. The fraction of sp³-hybridized carbons (Fsp3) is 0. The Morgan fingerprint density at radius 3 is 2.11 bits per heavy atom. The van der Waals surface area contributed by atoms with Crippen molar-refractivity contribution in [3.8, 4) is 22.9 Å². The van der Waals surface area contributed by atoms with Crippen molar-refractivity contribution in [1.29, 1.82) is 5.26 Å². The van der Waals surface area contributed by atoms with Gasteiger partial charge in [0.05, 0.1) is 11.6 Å². The summed E-state index contributed by atoms with van der Waals surface area (Å²) < 4.78 is 39.4. The largest absolute Gasteiger partial charge is 0.504 e. The number of hydrogen-bond acceptors (Lipinski definition) is 2. The van der Waals surface area contributed by atoms with E-state index in [-0.39, 0.29) is 16.7 Å². The molecule has 90 valence electrons. The first-order valence-electron chi connectivity index (χ1n) is 4.90. The van der Waals surface area contributed by atoms with Crippen molar-refractivity contribution in [2.24, 2.45) is 0 Å². The summed E-state index contributed by atoms with van der Waals surface area (Å²) in [4.78, 5) is 0. The standard InChI is InChI=1S/C13H6F3NO/c14-9-3-8(4-10(15)5-9)11-1-7(6-17)2-12(16)13(11)18/h1-5,18H. The predicted octanol–water partition coefficient (Wildman–Crippen LogP) is 3.35. The summed E-state index contributed by atoms with van der Waals surface area (Å²) in [7, 11) is 0. The summed E-state index contributed by atoms with van der Waals surface area (Å²) >= 11 is 0. The van der Waals surface area contributed by atoms with Crippen molar-refractivity contribution in [2.45, 2.75) is 0 Å². The van der Waals surface area contributed by atoms with Gasteiger partial charge in [0.2, 0.25) is 0 Å². The van der Waals surface area contributed by atoms with E-state index in [9.17, 15) is 18.3 Å². The molecule has 0 spiro atoms. The SMILES string of the molecule is N#Cc1cc(F)c(O)c(-c2cc(F)cc(F)c2)c1. The Bertz CT molecular complexity index is 642. The van der Waals surface area contributed by atoms with E-state index in [1.54, 1.807) is 6.07 Å². The molecule has 0 saturated heterocycles. The molecule has 0 aliphatic rings. The monoisotopic (exact) mass is 249 g/mol. The van der Waals surface area contributed by atoms with Crippen LogP contribution in [-0.4, -0.2) is 5.11 Å². The smallest absolute Gasteiger partial charge is 0.166 e. The van der Waals surface area contributed by atoms with Crippen LogP contribution in [0.2, 0.25) is 0 Å². The Labute approximate surface area is 101 Å². The van der Waals surface area contributed by atoms with Crippen molar-refractivity contribution >= 4 is 0 Å². The second-order valence-corrected chi connectivity index (χ2v) is 3.62. The molecule has 1 N–H and O–H groups in total. The molecule has 0 aromatic heterocycles. The van der Waals surface area contributed by atoms with E-state index in [1.807, 2.05) is 0 Å². The molecule has 0 aliphatic carbocycles. The van der Waals surface area contributed by atoms with E-state index in [4.69, 9.17) is 5.26 Å². The molecule has 0 radical (unpaired) electrons. The summed E-state index contributed by atoms with van der Waals surface area (Å²) in [6.45, 7) is 0. The van der Waals surface area contributed by atoms with Crippen LogP contribution in [0.15, 0.2) is 30.3 Å². The molecule has 0 bridgehead atoms. The number of hydrogen-bond donors (Lipinski definition) is 1. The normalized spacial score (nSPS) is 10.1. The quantitative estimate of drug-likeness (QED) is 0.842. The Balaban J connectivity index is 2.70. The van der Waals surface area contributed by atoms with Crippen LogP contribution in [-0.2, 0) is 0 Å².